The molecule has 0 bridgehead atoms. The molecular formula is C14H19NO4S2. The minimum absolute atomic E-state index is 0.0602. The van der Waals surface area contributed by atoms with Gasteiger partial charge in [-0.1, -0.05) is 18.9 Å². The first-order valence-corrected chi connectivity index (χ1v) is 9.52. The minimum Gasteiger partial charge on any atom is -0.468 e. The van der Waals surface area contributed by atoms with E-state index in [-0.39, 0.29) is 12.0 Å². The fourth-order valence-electron chi connectivity index (χ4n) is 3.62. The van der Waals surface area contributed by atoms with Crippen LogP contribution in [0.15, 0.2) is 21.7 Å². The van der Waals surface area contributed by atoms with Crippen LogP contribution in [0.5, 0.6) is 0 Å². The van der Waals surface area contributed by atoms with E-state index in [9.17, 15) is 13.2 Å². The Labute approximate surface area is 129 Å². The number of thiophene rings is 1. The summed E-state index contributed by atoms with van der Waals surface area (Å²) >= 11 is 1.20. The predicted octanol–water partition coefficient (Wildman–Crippen LogP) is 2.24. The number of rotatable bonds is 3. The first-order chi connectivity index (χ1) is 10.1. The van der Waals surface area contributed by atoms with Crippen molar-refractivity contribution in [1.82, 2.24) is 4.31 Å². The first kappa shape index (κ1) is 15.0. The van der Waals surface area contributed by atoms with E-state index in [1.807, 2.05) is 0 Å². The number of carbonyl (C=O) groups excluding carboxylic acids is 1. The van der Waals surface area contributed by atoms with Gasteiger partial charge in [0.25, 0.3) is 10.0 Å². The summed E-state index contributed by atoms with van der Waals surface area (Å²) in [6.07, 6.45) is 4.55. The van der Waals surface area contributed by atoms with Gasteiger partial charge in [0.1, 0.15) is 10.3 Å². The van der Waals surface area contributed by atoms with E-state index >= 15 is 0 Å². The van der Waals surface area contributed by atoms with Crippen LogP contribution < -0.4 is 0 Å². The molecular weight excluding hydrogens is 310 g/mol. The molecule has 1 aliphatic carbocycles. The number of ether oxygens (including phenoxy) is 1. The Hall–Kier alpha value is -0.920. The van der Waals surface area contributed by atoms with Crippen molar-refractivity contribution in [2.75, 3.05) is 7.11 Å². The molecule has 1 aliphatic heterocycles. The van der Waals surface area contributed by atoms with Gasteiger partial charge in [0.2, 0.25) is 0 Å². The first-order valence-electron chi connectivity index (χ1n) is 7.20. The highest BCUT2D eigenvalue weighted by molar-refractivity contribution is 7.91. The highest BCUT2D eigenvalue weighted by Gasteiger charge is 2.51. The van der Waals surface area contributed by atoms with Crippen LogP contribution in [-0.4, -0.2) is 37.9 Å². The van der Waals surface area contributed by atoms with Crippen molar-refractivity contribution in [2.45, 2.75) is 48.4 Å². The molecule has 1 aromatic heterocycles. The smallest absolute Gasteiger partial charge is 0.324 e. The van der Waals surface area contributed by atoms with E-state index in [1.165, 1.54) is 22.8 Å². The van der Waals surface area contributed by atoms with Crippen molar-refractivity contribution >= 4 is 27.3 Å². The van der Waals surface area contributed by atoms with Crippen LogP contribution in [0.25, 0.3) is 0 Å². The number of carbonyl (C=O) groups is 1. The Kier molecular flexibility index (Phi) is 4.07. The molecule has 0 amide bonds. The van der Waals surface area contributed by atoms with Crippen molar-refractivity contribution in [1.29, 1.82) is 0 Å². The zero-order valence-corrected chi connectivity index (χ0v) is 13.5. The number of sulfonamides is 1. The van der Waals surface area contributed by atoms with Crippen LogP contribution in [0.1, 0.15) is 32.1 Å². The van der Waals surface area contributed by atoms with E-state index < -0.39 is 22.0 Å². The number of fused-ring (bicyclic) bond motifs is 1. The molecule has 0 aromatic carbocycles. The topological polar surface area (TPSA) is 63.7 Å². The second kappa shape index (κ2) is 5.70. The molecule has 3 atom stereocenters. The zero-order valence-electron chi connectivity index (χ0n) is 11.9. The molecule has 3 rings (SSSR count). The van der Waals surface area contributed by atoms with Gasteiger partial charge in [-0.3, -0.25) is 4.79 Å². The van der Waals surface area contributed by atoms with E-state index in [2.05, 4.69) is 0 Å². The highest BCUT2D eigenvalue weighted by Crippen LogP contribution is 2.43. The maximum Gasteiger partial charge on any atom is 0.324 e. The molecule has 5 nitrogen and oxygen atoms in total. The van der Waals surface area contributed by atoms with E-state index in [1.54, 1.807) is 17.5 Å². The van der Waals surface area contributed by atoms with Gasteiger partial charge in [0.15, 0.2) is 0 Å². The van der Waals surface area contributed by atoms with Crippen molar-refractivity contribution in [2.24, 2.45) is 5.92 Å². The summed E-state index contributed by atoms with van der Waals surface area (Å²) in [4.78, 5) is 12.1. The Bertz CT molecular complexity index is 611. The molecule has 0 N–H and O–H groups in total. The molecule has 1 saturated carbocycles. The Balaban J connectivity index is 2.00. The normalized spacial score (nSPS) is 30.0. The van der Waals surface area contributed by atoms with Crippen LogP contribution >= 0.6 is 11.3 Å². The SMILES string of the molecule is COC(=O)C1CC2CCCCC2N1S(=O)(=O)c1cccs1. The third-order valence-corrected chi connectivity index (χ3v) is 7.84. The van der Waals surface area contributed by atoms with Gasteiger partial charge >= 0.3 is 5.97 Å². The second-order valence-corrected chi connectivity index (χ2v) is 8.67. The molecule has 1 saturated heterocycles. The van der Waals surface area contributed by atoms with Crippen molar-refractivity contribution in [3.05, 3.63) is 17.5 Å². The van der Waals surface area contributed by atoms with E-state index in [0.717, 1.165) is 25.7 Å². The van der Waals surface area contributed by atoms with E-state index in [4.69, 9.17) is 4.74 Å². The van der Waals surface area contributed by atoms with Crippen LogP contribution in [0.4, 0.5) is 0 Å². The van der Waals surface area contributed by atoms with Crippen molar-refractivity contribution in [3.63, 3.8) is 0 Å². The van der Waals surface area contributed by atoms with Crippen molar-refractivity contribution < 1.29 is 17.9 Å². The van der Waals surface area contributed by atoms with Gasteiger partial charge in [-0.15, -0.1) is 11.3 Å². The number of esters is 1. The quantitative estimate of drug-likeness (QED) is 0.798. The van der Waals surface area contributed by atoms with Crippen LogP contribution in [-0.2, 0) is 19.6 Å². The Morgan fingerprint density at radius 1 is 1.38 bits per heavy atom. The average Bonchev–Trinajstić information content (AvgIpc) is 3.13. The van der Waals surface area contributed by atoms with Gasteiger partial charge < -0.3 is 4.74 Å². The average molecular weight is 329 g/mol. The number of hydrogen-bond donors (Lipinski definition) is 0. The number of nitrogens with zero attached hydrogens (tertiary/aromatic N) is 1. The highest BCUT2D eigenvalue weighted by atomic mass is 32.2. The summed E-state index contributed by atoms with van der Waals surface area (Å²) in [5.74, 6) is -0.165. The Morgan fingerprint density at radius 2 is 2.14 bits per heavy atom. The van der Waals surface area contributed by atoms with Gasteiger partial charge in [-0.25, -0.2) is 8.42 Å². The molecule has 116 valence electrons. The largest absolute Gasteiger partial charge is 0.468 e. The molecule has 3 unspecified atom stereocenters. The van der Waals surface area contributed by atoms with Gasteiger partial charge in [-0.05, 0) is 36.6 Å². The summed E-state index contributed by atoms with van der Waals surface area (Å²) < 4.78 is 32.4. The number of methoxy groups -OCH3 is 1. The lowest BCUT2D eigenvalue weighted by atomic mass is 9.85. The molecule has 2 aliphatic rings. The standard InChI is InChI=1S/C14H19NO4S2/c1-19-14(16)12-9-10-5-2-3-6-11(10)15(12)21(17,18)13-7-4-8-20-13/h4,7-8,10-12H,2-3,5-6,9H2,1H3. The third kappa shape index (κ3) is 2.51. The molecule has 21 heavy (non-hydrogen) atoms. The monoisotopic (exact) mass is 329 g/mol. The fourth-order valence-corrected chi connectivity index (χ4v) is 6.58. The van der Waals surface area contributed by atoms with Gasteiger partial charge in [0.05, 0.1) is 7.11 Å². The summed E-state index contributed by atoms with van der Waals surface area (Å²) in [6.45, 7) is 0. The van der Waals surface area contributed by atoms with Crippen LogP contribution in [0.2, 0.25) is 0 Å². The molecule has 1 aromatic rings. The third-order valence-electron chi connectivity index (χ3n) is 4.53. The molecule has 2 fully saturated rings. The molecule has 7 heteroatoms. The summed E-state index contributed by atoms with van der Waals surface area (Å²) in [6, 6.07) is 2.59. The van der Waals surface area contributed by atoms with Crippen molar-refractivity contribution in [3.8, 4) is 0 Å². The number of hydrogen-bond acceptors (Lipinski definition) is 5. The maximum absolute atomic E-state index is 12.9. The molecule has 2 heterocycles. The van der Waals surface area contributed by atoms with Gasteiger partial charge in [0, 0.05) is 6.04 Å². The minimum atomic E-state index is -3.62. The summed E-state index contributed by atoms with van der Waals surface area (Å²) in [5.41, 5.74) is 0. The lowest BCUT2D eigenvalue weighted by Gasteiger charge is -2.31. The van der Waals surface area contributed by atoms with Crippen LogP contribution in [0.3, 0.4) is 0 Å². The zero-order chi connectivity index (χ0) is 15.0. The van der Waals surface area contributed by atoms with Gasteiger partial charge in [-0.2, -0.15) is 4.31 Å². The fraction of sp³-hybridized carbons (Fsp3) is 0.643. The lowest BCUT2D eigenvalue weighted by Crippen LogP contribution is -2.46. The maximum atomic E-state index is 12.9. The lowest BCUT2D eigenvalue weighted by molar-refractivity contribution is -0.144. The predicted molar refractivity (Wildman–Crippen MR) is 79.5 cm³/mol. The molecule has 0 spiro atoms. The van der Waals surface area contributed by atoms with Crippen LogP contribution in [0, 0.1) is 5.92 Å². The molecule has 0 radical (unpaired) electrons. The summed E-state index contributed by atoms with van der Waals surface area (Å²) in [5, 5.41) is 1.74. The van der Waals surface area contributed by atoms with E-state index in [0.29, 0.717) is 10.6 Å². The Morgan fingerprint density at radius 3 is 2.81 bits per heavy atom. The summed E-state index contributed by atoms with van der Waals surface area (Å²) in [7, 11) is -2.30. The second-order valence-electron chi connectivity index (χ2n) is 5.65.